The van der Waals surface area contributed by atoms with Crippen molar-refractivity contribution in [1.29, 1.82) is 0 Å². The van der Waals surface area contributed by atoms with Crippen molar-refractivity contribution in [3.05, 3.63) is 11.9 Å². The van der Waals surface area contributed by atoms with Crippen LogP contribution in [0.3, 0.4) is 0 Å². The van der Waals surface area contributed by atoms with E-state index in [2.05, 4.69) is 55.2 Å². The third-order valence-corrected chi connectivity index (χ3v) is 2.58. The lowest BCUT2D eigenvalue weighted by atomic mass is 9.97. The van der Waals surface area contributed by atoms with Gasteiger partial charge in [-0.15, -0.1) is 0 Å². The molecule has 0 aliphatic heterocycles. The van der Waals surface area contributed by atoms with Crippen LogP contribution in [0, 0.1) is 5.41 Å². The van der Waals surface area contributed by atoms with E-state index in [0.717, 1.165) is 37.6 Å². The predicted molar refractivity (Wildman–Crippen MR) is 78.1 cm³/mol. The Morgan fingerprint density at radius 3 is 2.17 bits per heavy atom. The molecule has 0 unspecified atom stereocenters. The van der Waals surface area contributed by atoms with E-state index < -0.39 is 0 Å². The molecule has 1 heterocycles. The molecule has 1 aromatic heterocycles. The zero-order valence-electron chi connectivity index (χ0n) is 12.3. The Bertz CT molecular complexity index is 369. The van der Waals surface area contributed by atoms with Crippen LogP contribution in [0.5, 0.6) is 0 Å². The average molecular weight is 250 g/mol. The average Bonchev–Trinajstić information content (AvgIpc) is 2.29. The van der Waals surface area contributed by atoms with Crippen molar-refractivity contribution in [2.75, 3.05) is 23.7 Å². The molecule has 0 amide bonds. The molecule has 4 nitrogen and oxygen atoms in total. The van der Waals surface area contributed by atoms with Gasteiger partial charge in [0.15, 0.2) is 0 Å². The Morgan fingerprint density at radius 1 is 1.06 bits per heavy atom. The Morgan fingerprint density at radius 2 is 1.67 bits per heavy atom. The quantitative estimate of drug-likeness (QED) is 0.813. The van der Waals surface area contributed by atoms with Gasteiger partial charge in [0, 0.05) is 18.7 Å². The van der Waals surface area contributed by atoms with Crippen LogP contribution in [0.4, 0.5) is 11.6 Å². The van der Waals surface area contributed by atoms with Gasteiger partial charge in [-0.2, -0.15) is 0 Å². The minimum absolute atomic E-state index is 0.243. The van der Waals surface area contributed by atoms with Gasteiger partial charge in [-0.05, 0) is 18.8 Å². The minimum Gasteiger partial charge on any atom is -0.370 e. The number of rotatable bonds is 6. The van der Waals surface area contributed by atoms with Gasteiger partial charge in [0.05, 0.1) is 0 Å². The summed E-state index contributed by atoms with van der Waals surface area (Å²) in [6.07, 6.45) is 3.72. The van der Waals surface area contributed by atoms with Crippen LogP contribution in [-0.2, 0) is 6.42 Å². The first-order valence-corrected chi connectivity index (χ1v) is 6.79. The summed E-state index contributed by atoms with van der Waals surface area (Å²) in [5.74, 6) is 1.93. The molecule has 0 atom stereocenters. The Balaban J connectivity index is 2.91. The van der Waals surface area contributed by atoms with Gasteiger partial charge in [-0.1, -0.05) is 34.1 Å². The van der Waals surface area contributed by atoms with E-state index in [1.807, 2.05) is 0 Å². The van der Waals surface area contributed by atoms with Crippen LogP contribution in [0.1, 0.15) is 46.6 Å². The van der Waals surface area contributed by atoms with E-state index in [4.69, 9.17) is 0 Å². The summed E-state index contributed by atoms with van der Waals surface area (Å²) in [6.45, 7) is 12.7. The van der Waals surface area contributed by atoms with Gasteiger partial charge >= 0.3 is 0 Å². The molecule has 0 spiro atoms. The largest absolute Gasteiger partial charge is 0.370 e. The summed E-state index contributed by atoms with van der Waals surface area (Å²) in [5.41, 5.74) is 1.44. The first kappa shape index (κ1) is 14.7. The predicted octanol–water partition coefficient (Wildman–Crippen LogP) is 3.32. The first-order valence-electron chi connectivity index (χ1n) is 6.79. The van der Waals surface area contributed by atoms with Crippen molar-refractivity contribution in [1.82, 2.24) is 9.97 Å². The lowest BCUT2D eigenvalue weighted by Crippen LogP contribution is -2.21. The zero-order chi connectivity index (χ0) is 13.6. The maximum Gasteiger partial charge on any atom is 0.134 e. The van der Waals surface area contributed by atoms with Crippen LogP contribution in [-0.4, -0.2) is 23.1 Å². The molecule has 0 aromatic carbocycles. The van der Waals surface area contributed by atoms with Crippen LogP contribution >= 0.6 is 0 Å². The molecule has 18 heavy (non-hydrogen) atoms. The molecule has 1 aromatic rings. The van der Waals surface area contributed by atoms with E-state index in [0.29, 0.717) is 0 Å². The smallest absolute Gasteiger partial charge is 0.134 e. The summed E-state index contributed by atoms with van der Waals surface area (Å²) in [4.78, 5) is 8.71. The molecule has 0 radical (unpaired) electrons. The van der Waals surface area contributed by atoms with Crippen molar-refractivity contribution in [2.24, 2.45) is 5.41 Å². The first-order chi connectivity index (χ1) is 8.48. The highest BCUT2D eigenvalue weighted by molar-refractivity contribution is 5.57. The Hall–Kier alpha value is -1.32. The van der Waals surface area contributed by atoms with Gasteiger partial charge in [0.2, 0.25) is 0 Å². The number of hydrogen-bond acceptors (Lipinski definition) is 4. The van der Waals surface area contributed by atoms with E-state index >= 15 is 0 Å². The molecule has 2 N–H and O–H groups in total. The van der Waals surface area contributed by atoms with Crippen molar-refractivity contribution < 1.29 is 0 Å². The van der Waals surface area contributed by atoms with E-state index in [1.54, 1.807) is 6.33 Å². The lowest BCUT2D eigenvalue weighted by molar-refractivity contribution is 0.442. The molecular formula is C14H26N4. The third kappa shape index (κ3) is 4.51. The normalized spacial score (nSPS) is 11.4. The molecule has 0 bridgehead atoms. The lowest BCUT2D eigenvalue weighted by Gasteiger charge is -2.21. The van der Waals surface area contributed by atoms with Gasteiger partial charge in [0.25, 0.3) is 0 Å². The number of nitrogens with one attached hydrogen (secondary N) is 2. The molecular weight excluding hydrogens is 224 g/mol. The molecule has 0 aliphatic carbocycles. The summed E-state index contributed by atoms with van der Waals surface area (Å²) in [6, 6.07) is 0. The van der Waals surface area contributed by atoms with Crippen LogP contribution in [0.25, 0.3) is 0 Å². The highest BCUT2D eigenvalue weighted by atomic mass is 15.1. The fraction of sp³-hybridized carbons (Fsp3) is 0.714. The van der Waals surface area contributed by atoms with Crippen molar-refractivity contribution in [3.8, 4) is 0 Å². The maximum absolute atomic E-state index is 4.38. The minimum atomic E-state index is 0.243. The molecule has 0 saturated carbocycles. The highest BCUT2D eigenvalue weighted by Gasteiger charge is 2.14. The standard InChI is InChI=1S/C14H26N4/c1-6-8-11-12(15-7-2)17-10-18-13(11)16-9-14(3,4)5/h10H,6-9H2,1-5H3,(H2,15,16,17,18). The number of anilines is 2. The molecule has 4 heteroatoms. The van der Waals surface area contributed by atoms with Gasteiger partial charge in [-0.3, -0.25) is 0 Å². The monoisotopic (exact) mass is 250 g/mol. The second-order valence-corrected chi connectivity index (χ2v) is 5.74. The van der Waals surface area contributed by atoms with E-state index in [-0.39, 0.29) is 5.41 Å². The van der Waals surface area contributed by atoms with Gasteiger partial charge in [0.1, 0.15) is 18.0 Å². The summed E-state index contributed by atoms with van der Waals surface area (Å²) in [5, 5.41) is 6.75. The number of hydrogen-bond donors (Lipinski definition) is 2. The van der Waals surface area contributed by atoms with Crippen molar-refractivity contribution in [3.63, 3.8) is 0 Å². The Labute approximate surface area is 111 Å². The van der Waals surface area contributed by atoms with Crippen molar-refractivity contribution >= 4 is 11.6 Å². The van der Waals surface area contributed by atoms with Gasteiger partial charge in [-0.25, -0.2) is 9.97 Å². The molecule has 0 aliphatic rings. The van der Waals surface area contributed by atoms with Crippen LogP contribution < -0.4 is 10.6 Å². The van der Waals surface area contributed by atoms with Crippen molar-refractivity contribution in [2.45, 2.75) is 47.5 Å². The zero-order valence-corrected chi connectivity index (χ0v) is 12.3. The topological polar surface area (TPSA) is 49.8 Å². The summed E-state index contributed by atoms with van der Waals surface area (Å²) in [7, 11) is 0. The third-order valence-electron chi connectivity index (χ3n) is 2.58. The fourth-order valence-corrected chi connectivity index (χ4v) is 1.72. The Kier molecular flexibility index (Phi) is 5.38. The van der Waals surface area contributed by atoms with E-state index in [1.165, 1.54) is 5.56 Å². The number of nitrogens with zero attached hydrogens (tertiary/aromatic N) is 2. The molecule has 1 rings (SSSR count). The summed E-state index contributed by atoms with van der Waals surface area (Å²) < 4.78 is 0. The highest BCUT2D eigenvalue weighted by Crippen LogP contribution is 2.23. The molecule has 0 saturated heterocycles. The fourth-order valence-electron chi connectivity index (χ4n) is 1.72. The number of aromatic nitrogens is 2. The maximum atomic E-state index is 4.38. The van der Waals surface area contributed by atoms with Crippen LogP contribution in [0.15, 0.2) is 6.33 Å². The molecule has 102 valence electrons. The molecule has 0 fully saturated rings. The second kappa shape index (κ2) is 6.57. The van der Waals surface area contributed by atoms with Gasteiger partial charge < -0.3 is 10.6 Å². The summed E-state index contributed by atoms with van der Waals surface area (Å²) >= 11 is 0. The van der Waals surface area contributed by atoms with E-state index in [9.17, 15) is 0 Å². The van der Waals surface area contributed by atoms with Crippen LogP contribution in [0.2, 0.25) is 0 Å². The SMILES string of the molecule is CCCc1c(NCC)ncnc1NCC(C)(C)C. The second-order valence-electron chi connectivity index (χ2n) is 5.74.